The summed E-state index contributed by atoms with van der Waals surface area (Å²) in [5, 5.41) is 2.04. The molecular formula is C31H35BrN4. The first kappa shape index (κ1) is 24.9. The first-order chi connectivity index (χ1) is 16.7. The van der Waals surface area contributed by atoms with Crippen LogP contribution >= 0.6 is 15.9 Å². The Morgan fingerprint density at radius 2 is 1.22 bits per heavy atom. The number of nitrogens with zero attached hydrogens (tertiary/aromatic N) is 4. The second-order valence-corrected chi connectivity index (χ2v) is 13.6. The Labute approximate surface area is 222 Å². The van der Waals surface area contributed by atoms with Crippen molar-refractivity contribution < 1.29 is 0 Å². The molecule has 4 aromatic heterocycles. The largest absolute Gasteiger partial charge is 0.274 e. The van der Waals surface area contributed by atoms with Gasteiger partial charge in [0.05, 0.1) is 11.2 Å². The quantitative estimate of drug-likeness (QED) is 0.199. The maximum atomic E-state index is 5.08. The molecule has 0 saturated heterocycles. The van der Waals surface area contributed by atoms with Gasteiger partial charge in [0.15, 0.2) is 0 Å². The Balaban J connectivity index is 2.06. The Kier molecular flexibility index (Phi) is 5.60. The third-order valence-corrected chi connectivity index (χ3v) is 7.55. The molecule has 0 spiro atoms. The number of rotatable bonds is 1. The van der Waals surface area contributed by atoms with Gasteiger partial charge in [-0.2, -0.15) is 0 Å². The lowest BCUT2D eigenvalue weighted by molar-refractivity contribution is 0.550. The van der Waals surface area contributed by atoms with Crippen LogP contribution in [0.2, 0.25) is 0 Å². The number of halogens is 1. The van der Waals surface area contributed by atoms with Crippen molar-refractivity contribution in [2.24, 2.45) is 0 Å². The van der Waals surface area contributed by atoms with Crippen molar-refractivity contribution in [3.8, 4) is 11.3 Å². The summed E-state index contributed by atoms with van der Waals surface area (Å²) in [5.41, 5.74) is 8.80. The van der Waals surface area contributed by atoms with E-state index in [9.17, 15) is 0 Å². The van der Waals surface area contributed by atoms with Gasteiger partial charge in [-0.3, -0.25) is 9.38 Å². The Hall–Kier alpha value is -2.79. The predicted octanol–water partition coefficient (Wildman–Crippen LogP) is 8.75. The third-order valence-electron chi connectivity index (χ3n) is 6.99. The minimum absolute atomic E-state index is 0.0331. The standard InChI is InChI=1S/C31H35BrN4/c1-29(2,3)18-16-21(30(4,5)6)23(22(17-18)31(7,8)9)25-26(32)35-28-20-13-10-14-33-24(20)19-12-11-15-34-27(19)36(25)28/h10-17H,1-9H3. The van der Waals surface area contributed by atoms with Crippen molar-refractivity contribution in [2.45, 2.75) is 78.6 Å². The number of imidazole rings is 1. The van der Waals surface area contributed by atoms with Gasteiger partial charge in [0.2, 0.25) is 0 Å². The fraction of sp³-hybridized carbons (Fsp3) is 0.387. The lowest BCUT2D eigenvalue weighted by Gasteiger charge is -2.33. The number of benzene rings is 1. The van der Waals surface area contributed by atoms with E-state index in [0.717, 1.165) is 37.9 Å². The van der Waals surface area contributed by atoms with Gasteiger partial charge in [0.25, 0.3) is 0 Å². The average molecular weight is 544 g/mol. The van der Waals surface area contributed by atoms with E-state index in [4.69, 9.17) is 15.0 Å². The van der Waals surface area contributed by atoms with Crippen LogP contribution in [0.4, 0.5) is 0 Å². The van der Waals surface area contributed by atoms with E-state index in [-0.39, 0.29) is 16.2 Å². The van der Waals surface area contributed by atoms with Crippen molar-refractivity contribution >= 4 is 43.5 Å². The molecule has 0 saturated carbocycles. The first-order valence-corrected chi connectivity index (χ1v) is 13.4. The van der Waals surface area contributed by atoms with Gasteiger partial charge >= 0.3 is 0 Å². The van der Waals surface area contributed by atoms with Crippen LogP contribution in [-0.2, 0) is 16.2 Å². The summed E-state index contributed by atoms with van der Waals surface area (Å²) in [6, 6.07) is 13.0. The molecule has 36 heavy (non-hydrogen) atoms. The molecule has 0 fully saturated rings. The number of pyridine rings is 3. The highest BCUT2D eigenvalue weighted by molar-refractivity contribution is 9.10. The molecule has 0 N–H and O–H groups in total. The number of fused-ring (bicyclic) bond motifs is 6. The lowest BCUT2D eigenvalue weighted by atomic mass is 9.71. The van der Waals surface area contributed by atoms with Gasteiger partial charge < -0.3 is 0 Å². The molecule has 4 nitrogen and oxygen atoms in total. The zero-order chi connectivity index (χ0) is 26.2. The molecule has 0 unspecified atom stereocenters. The van der Waals surface area contributed by atoms with Gasteiger partial charge in [0, 0.05) is 28.7 Å². The molecule has 0 aliphatic carbocycles. The fourth-order valence-electron chi connectivity index (χ4n) is 5.07. The summed E-state index contributed by atoms with van der Waals surface area (Å²) in [6.45, 7) is 20.7. The van der Waals surface area contributed by atoms with Crippen molar-refractivity contribution in [2.75, 3.05) is 0 Å². The highest BCUT2D eigenvalue weighted by Gasteiger charge is 2.33. The van der Waals surface area contributed by atoms with Crippen LogP contribution in [0.25, 0.3) is 38.8 Å². The number of hydrogen-bond donors (Lipinski definition) is 0. The van der Waals surface area contributed by atoms with E-state index >= 15 is 0 Å². The summed E-state index contributed by atoms with van der Waals surface area (Å²) in [7, 11) is 0. The molecule has 0 aliphatic heterocycles. The summed E-state index contributed by atoms with van der Waals surface area (Å²) in [4.78, 5) is 14.7. The molecule has 0 atom stereocenters. The van der Waals surface area contributed by atoms with Crippen LogP contribution in [0.3, 0.4) is 0 Å². The maximum absolute atomic E-state index is 5.08. The van der Waals surface area contributed by atoms with Crippen LogP contribution in [0.1, 0.15) is 79.0 Å². The Bertz CT molecular complexity index is 1600. The molecule has 0 radical (unpaired) electrons. The van der Waals surface area contributed by atoms with E-state index in [1.165, 1.54) is 22.3 Å². The first-order valence-electron chi connectivity index (χ1n) is 12.6. The molecule has 1 aromatic carbocycles. The fourth-order valence-corrected chi connectivity index (χ4v) is 5.61. The normalized spacial score (nSPS) is 13.3. The molecule has 186 valence electrons. The second-order valence-electron chi connectivity index (χ2n) is 12.9. The summed E-state index contributed by atoms with van der Waals surface area (Å²) in [5.74, 6) is 0. The third kappa shape index (κ3) is 3.92. The van der Waals surface area contributed by atoms with E-state index in [0.29, 0.717) is 0 Å². The van der Waals surface area contributed by atoms with Gasteiger partial charge in [0.1, 0.15) is 15.9 Å². The van der Waals surface area contributed by atoms with Gasteiger partial charge in [-0.1, -0.05) is 74.4 Å². The van der Waals surface area contributed by atoms with Crippen LogP contribution < -0.4 is 0 Å². The minimum atomic E-state index is -0.0815. The van der Waals surface area contributed by atoms with E-state index in [2.05, 4.69) is 107 Å². The van der Waals surface area contributed by atoms with E-state index in [1.807, 2.05) is 24.5 Å². The molecule has 0 bridgehead atoms. The zero-order valence-electron chi connectivity index (χ0n) is 22.8. The zero-order valence-corrected chi connectivity index (χ0v) is 24.4. The molecule has 5 rings (SSSR count). The molecule has 5 aromatic rings. The minimum Gasteiger partial charge on any atom is -0.274 e. The van der Waals surface area contributed by atoms with Crippen molar-refractivity contribution in [1.29, 1.82) is 0 Å². The van der Waals surface area contributed by atoms with Crippen LogP contribution in [0, 0.1) is 0 Å². The number of hydrogen-bond acceptors (Lipinski definition) is 3. The van der Waals surface area contributed by atoms with Crippen LogP contribution in [-0.4, -0.2) is 19.4 Å². The van der Waals surface area contributed by atoms with Crippen LogP contribution in [0.5, 0.6) is 0 Å². The van der Waals surface area contributed by atoms with Gasteiger partial charge in [-0.15, -0.1) is 0 Å². The van der Waals surface area contributed by atoms with Crippen molar-refractivity contribution in [1.82, 2.24) is 19.4 Å². The van der Waals surface area contributed by atoms with Gasteiger partial charge in [-0.25, -0.2) is 9.97 Å². The predicted molar refractivity (Wildman–Crippen MR) is 155 cm³/mol. The van der Waals surface area contributed by atoms with Gasteiger partial charge in [-0.05, 0) is 73.1 Å². The molecular weight excluding hydrogens is 508 g/mol. The van der Waals surface area contributed by atoms with E-state index < -0.39 is 0 Å². The Morgan fingerprint density at radius 1 is 0.694 bits per heavy atom. The SMILES string of the molecule is CC(C)(C)c1cc(C(C)(C)C)c(-c2c(Br)nc3c4cccnc4c4cccnc4n23)c(C(C)(C)C)c1. The lowest BCUT2D eigenvalue weighted by Crippen LogP contribution is -2.23. The summed E-state index contributed by atoms with van der Waals surface area (Å²) < 4.78 is 3.06. The molecule has 5 heteroatoms. The molecule has 0 aliphatic rings. The monoisotopic (exact) mass is 542 g/mol. The van der Waals surface area contributed by atoms with Crippen LogP contribution in [0.15, 0.2) is 53.4 Å². The second kappa shape index (κ2) is 8.11. The highest BCUT2D eigenvalue weighted by Crippen LogP contribution is 2.46. The highest BCUT2D eigenvalue weighted by atomic mass is 79.9. The smallest absolute Gasteiger partial charge is 0.149 e. The Morgan fingerprint density at radius 3 is 1.75 bits per heavy atom. The summed E-state index contributed by atoms with van der Waals surface area (Å²) in [6.07, 6.45) is 3.69. The molecule has 0 amide bonds. The van der Waals surface area contributed by atoms with E-state index in [1.54, 1.807) is 0 Å². The maximum Gasteiger partial charge on any atom is 0.149 e. The average Bonchev–Trinajstić information content (AvgIpc) is 3.13. The summed E-state index contributed by atoms with van der Waals surface area (Å²) >= 11 is 3.90. The topological polar surface area (TPSA) is 43.1 Å². The number of aromatic nitrogens is 4. The molecule has 4 heterocycles. The van der Waals surface area contributed by atoms with Crippen molar-refractivity contribution in [3.05, 3.63) is 70.1 Å². The van der Waals surface area contributed by atoms with Crippen molar-refractivity contribution in [3.63, 3.8) is 0 Å².